The van der Waals surface area contributed by atoms with E-state index in [0.29, 0.717) is 32.9 Å². The number of anilines is 1. The van der Waals surface area contributed by atoms with Crippen LogP contribution < -0.4 is 5.73 Å². The molecule has 4 nitrogen and oxygen atoms in total. The minimum Gasteiger partial charge on any atom is -0.397 e. The number of hydrogen-bond donors (Lipinski definition) is 2. The van der Waals surface area contributed by atoms with Crippen LogP contribution in [0.1, 0.15) is 0 Å². The highest BCUT2D eigenvalue weighted by Gasteiger charge is 2.14. The maximum atomic E-state index is 6.00. The number of aromatic nitrogens is 3. The van der Waals surface area contributed by atoms with Crippen molar-refractivity contribution in [3.63, 3.8) is 0 Å². The Morgan fingerprint density at radius 1 is 1.26 bits per heavy atom. The van der Waals surface area contributed by atoms with Gasteiger partial charge in [-0.3, -0.25) is 5.10 Å². The Kier molecular flexibility index (Phi) is 3.18. The molecule has 0 saturated carbocycles. The maximum Gasteiger partial charge on any atom is 0.183 e. The molecule has 0 fully saturated rings. The van der Waals surface area contributed by atoms with Gasteiger partial charge in [-0.25, -0.2) is 4.98 Å². The second-order valence-electron chi connectivity index (χ2n) is 3.83. The molecule has 2 heterocycles. The highest BCUT2D eigenvalue weighted by Crippen LogP contribution is 2.34. The van der Waals surface area contributed by atoms with Gasteiger partial charge >= 0.3 is 0 Å². The van der Waals surface area contributed by atoms with Gasteiger partial charge in [0.1, 0.15) is 0 Å². The molecule has 0 radical (unpaired) electrons. The molecule has 0 spiro atoms. The van der Waals surface area contributed by atoms with Gasteiger partial charge in [0.25, 0.3) is 0 Å². The Morgan fingerprint density at radius 2 is 2.11 bits per heavy atom. The number of thiophene rings is 1. The van der Waals surface area contributed by atoms with E-state index in [-0.39, 0.29) is 0 Å². The van der Waals surface area contributed by atoms with E-state index in [4.69, 9.17) is 28.9 Å². The standard InChI is InChI=1S/C12H8Cl2N4S/c13-6-4-7(10(15)8(14)5-6)11-16-12(18-17-11)9-2-1-3-19-9/h1-5H,15H2,(H,16,17,18). The first-order chi connectivity index (χ1) is 9.15. The number of benzene rings is 1. The van der Waals surface area contributed by atoms with Crippen LogP contribution in [-0.2, 0) is 0 Å². The lowest BCUT2D eigenvalue weighted by Gasteiger charge is -2.04. The molecule has 7 heteroatoms. The first kappa shape index (κ1) is 12.5. The third-order valence-electron chi connectivity index (χ3n) is 2.58. The molecule has 0 atom stereocenters. The first-order valence-corrected chi connectivity index (χ1v) is 7.00. The van der Waals surface area contributed by atoms with E-state index in [2.05, 4.69) is 15.2 Å². The number of hydrogen-bond acceptors (Lipinski definition) is 4. The molecule has 0 aliphatic heterocycles. The number of nitrogens with zero attached hydrogens (tertiary/aromatic N) is 2. The van der Waals surface area contributed by atoms with Crippen LogP contribution in [0.5, 0.6) is 0 Å². The summed E-state index contributed by atoms with van der Waals surface area (Å²) in [4.78, 5) is 5.42. The second-order valence-corrected chi connectivity index (χ2v) is 5.63. The minimum absolute atomic E-state index is 0.393. The monoisotopic (exact) mass is 310 g/mol. The van der Waals surface area contributed by atoms with Gasteiger partial charge in [0.15, 0.2) is 11.6 Å². The topological polar surface area (TPSA) is 67.6 Å². The normalized spacial score (nSPS) is 10.8. The molecule has 0 aliphatic rings. The summed E-state index contributed by atoms with van der Waals surface area (Å²) in [6, 6.07) is 7.20. The smallest absolute Gasteiger partial charge is 0.183 e. The molecular weight excluding hydrogens is 303 g/mol. The summed E-state index contributed by atoms with van der Waals surface area (Å²) in [6.45, 7) is 0. The Bertz CT molecular complexity index is 721. The largest absolute Gasteiger partial charge is 0.397 e. The minimum atomic E-state index is 0.393. The van der Waals surface area contributed by atoms with Crippen molar-refractivity contribution in [2.45, 2.75) is 0 Å². The number of nitrogen functional groups attached to an aromatic ring is 1. The number of H-pyrrole nitrogens is 1. The predicted octanol–water partition coefficient (Wildman–Crippen LogP) is 4.09. The zero-order valence-electron chi connectivity index (χ0n) is 9.52. The third kappa shape index (κ3) is 2.32. The molecule has 3 rings (SSSR count). The number of nitrogens with one attached hydrogen (secondary N) is 1. The molecule has 19 heavy (non-hydrogen) atoms. The molecule has 2 aromatic heterocycles. The summed E-state index contributed by atoms with van der Waals surface area (Å²) in [5.74, 6) is 1.17. The predicted molar refractivity (Wildman–Crippen MR) is 79.6 cm³/mol. The lowest BCUT2D eigenvalue weighted by Crippen LogP contribution is -1.93. The van der Waals surface area contributed by atoms with Crippen LogP contribution in [0.3, 0.4) is 0 Å². The van der Waals surface area contributed by atoms with Crippen LogP contribution >= 0.6 is 34.5 Å². The molecule has 0 aliphatic carbocycles. The molecule has 0 bridgehead atoms. The summed E-state index contributed by atoms with van der Waals surface area (Å²) < 4.78 is 0. The molecule has 0 unspecified atom stereocenters. The van der Waals surface area contributed by atoms with E-state index in [1.165, 1.54) is 0 Å². The Balaban J connectivity index is 2.09. The average molecular weight is 311 g/mol. The fourth-order valence-corrected chi connectivity index (χ4v) is 2.83. The third-order valence-corrected chi connectivity index (χ3v) is 3.98. The van der Waals surface area contributed by atoms with Gasteiger partial charge in [0.2, 0.25) is 0 Å². The second kappa shape index (κ2) is 4.85. The summed E-state index contributed by atoms with van der Waals surface area (Å²) in [7, 11) is 0. The van der Waals surface area contributed by atoms with E-state index < -0.39 is 0 Å². The molecule has 0 amide bonds. The van der Waals surface area contributed by atoms with Crippen molar-refractivity contribution in [2.24, 2.45) is 0 Å². The molecule has 3 N–H and O–H groups in total. The average Bonchev–Trinajstić information content (AvgIpc) is 3.03. The number of nitrogens with two attached hydrogens (primary N) is 1. The Labute approximate surface area is 123 Å². The van der Waals surface area contributed by atoms with Gasteiger partial charge in [0.05, 0.1) is 15.6 Å². The Morgan fingerprint density at radius 3 is 2.84 bits per heavy atom. The molecular formula is C12H8Cl2N4S. The molecule has 96 valence electrons. The zero-order chi connectivity index (χ0) is 13.4. The van der Waals surface area contributed by atoms with Crippen molar-refractivity contribution in [1.29, 1.82) is 0 Å². The van der Waals surface area contributed by atoms with Crippen LogP contribution in [0.4, 0.5) is 5.69 Å². The van der Waals surface area contributed by atoms with Crippen molar-refractivity contribution >= 4 is 40.2 Å². The van der Waals surface area contributed by atoms with Crippen LogP contribution in [0, 0.1) is 0 Å². The summed E-state index contributed by atoms with van der Waals surface area (Å²) in [5, 5.41) is 9.90. The fourth-order valence-electron chi connectivity index (χ4n) is 1.68. The van der Waals surface area contributed by atoms with E-state index in [0.717, 1.165) is 4.88 Å². The van der Waals surface area contributed by atoms with Gasteiger partial charge < -0.3 is 5.73 Å². The lowest BCUT2D eigenvalue weighted by molar-refractivity contribution is 1.10. The van der Waals surface area contributed by atoms with Gasteiger partial charge in [-0.1, -0.05) is 29.3 Å². The van der Waals surface area contributed by atoms with Crippen molar-refractivity contribution in [1.82, 2.24) is 15.2 Å². The van der Waals surface area contributed by atoms with E-state index in [1.54, 1.807) is 23.5 Å². The van der Waals surface area contributed by atoms with Gasteiger partial charge in [0, 0.05) is 10.6 Å². The van der Waals surface area contributed by atoms with Gasteiger partial charge in [-0.2, -0.15) is 5.10 Å². The lowest BCUT2D eigenvalue weighted by atomic mass is 10.1. The van der Waals surface area contributed by atoms with Crippen LogP contribution in [-0.4, -0.2) is 15.2 Å². The number of halogens is 2. The highest BCUT2D eigenvalue weighted by molar-refractivity contribution is 7.13. The van der Waals surface area contributed by atoms with E-state index in [1.807, 2.05) is 17.5 Å². The quantitative estimate of drug-likeness (QED) is 0.700. The van der Waals surface area contributed by atoms with Crippen LogP contribution in [0.25, 0.3) is 22.1 Å². The van der Waals surface area contributed by atoms with E-state index >= 15 is 0 Å². The first-order valence-electron chi connectivity index (χ1n) is 5.36. The van der Waals surface area contributed by atoms with Crippen molar-refractivity contribution in [3.05, 3.63) is 39.7 Å². The van der Waals surface area contributed by atoms with Gasteiger partial charge in [-0.05, 0) is 23.6 Å². The SMILES string of the molecule is Nc1c(Cl)cc(Cl)cc1-c1n[nH]c(-c2cccs2)n1. The van der Waals surface area contributed by atoms with Crippen molar-refractivity contribution in [3.8, 4) is 22.1 Å². The van der Waals surface area contributed by atoms with E-state index in [9.17, 15) is 0 Å². The van der Waals surface area contributed by atoms with Crippen LogP contribution in [0.2, 0.25) is 10.0 Å². The molecule has 3 aromatic rings. The van der Waals surface area contributed by atoms with Crippen LogP contribution in [0.15, 0.2) is 29.6 Å². The maximum absolute atomic E-state index is 6.00. The summed E-state index contributed by atoms with van der Waals surface area (Å²) in [5.41, 5.74) is 6.97. The molecule has 0 saturated heterocycles. The molecule has 1 aromatic carbocycles. The number of aromatic amines is 1. The Hall–Kier alpha value is -1.56. The fraction of sp³-hybridized carbons (Fsp3) is 0. The zero-order valence-corrected chi connectivity index (χ0v) is 11.9. The highest BCUT2D eigenvalue weighted by atomic mass is 35.5. The summed E-state index contributed by atoms with van der Waals surface area (Å²) in [6.07, 6.45) is 0. The van der Waals surface area contributed by atoms with Crippen molar-refractivity contribution in [2.75, 3.05) is 5.73 Å². The van der Waals surface area contributed by atoms with Crippen molar-refractivity contribution < 1.29 is 0 Å². The summed E-state index contributed by atoms with van der Waals surface area (Å²) >= 11 is 13.6. The van der Waals surface area contributed by atoms with Gasteiger partial charge in [-0.15, -0.1) is 11.3 Å². The number of rotatable bonds is 2.